The van der Waals surface area contributed by atoms with Gasteiger partial charge < -0.3 is 10.2 Å². The van der Waals surface area contributed by atoms with Gasteiger partial charge in [0.25, 0.3) is 0 Å². The van der Waals surface area contributed by atoms with Crippen molar-refractivity contribution < 1.29 is 5.11 Å². The SMILES string of the molecule is OCCc1ccc(-c2c[nH][nH]2)cc1. The predicted octanol–water partition coefficient (Wildman–Crippen LogP) is 1.54. The van der Waals surface area contributed by atoms with Crippen molar-refractivity contribution >= 4 is 0 Å². The van der Waals surface area contributed by atoms with Crippen molar-refractivity contribution in [3.8, 4) is 11.3 Å². The van der Waals surface area contributed by atoms with Crippen molar-refractivity contribution in [3.63, 3.8) is 0 Å². The van der Waals surface area contributed by atoms with Gasteiger partial charge in [0.05, 0.1) is 5.69 Å². The van der Waals surface area contributed by atoms with E-state index in [2.05, 4.69) is 10.2 Å². The lowest BCUT2D eigenvalue weighted by Gasteiger charge is -2.05. The summed E-state index contributed by atoms with van der Waals surface area (Å²) in [7, 11) is 0. The van der Waals surface area contributed by atoms with E-state index in [1.54, 1.807) is 0 Å². The molecule has 3 nitrogen and oxygen atoms in total. The Morgan fingerprint density at radius 2 is 1.85 bits per heavy atom. The number of aromatic amines is 2. The molecule has 0 amide bonds. The van der Waals surface area contributed by atoms with Gasteiger partial charge >= 0.3 is 0 Å². The number of H-pyrrole nitrogens is 2. The monoisotopic (exact) mass is 176 g/mol. The van der Waals surface area contributed by atoms with Crippen LogP contribution in [0.2, 0.25) is 0 Å². The summed E-state index contributed by atoms with van der Waals surface area (Å²) in [5.74, 6) is 0. The first kappa shape index (κ1) is 8.13. The van der Waals surface area contributed by atoms with Gasteiger partial charge in [-0.1, -0.05) is 24.3 Å². The van der Waals surface area contributed by atoms with Crippen LogP contribution in [0.25, 0.3) is 11.3 Å². The summed E-state index contributed by atoms with van der Waals surface area (Å²) < 4.78 is 0. The lowest BCUT2D eigenvalue weighted by atomic mass is 10.1. The largest absolute Gasteiger partial charge is 0.396 e. The summed E-state index contributed by atoms with van der Waals surface area (Å²) in [5.41, 5.74) is 3.44. The van der Waals surface area contributed by atoms with Crippen LogP contribution < -0.4 is 0 Å². The van der Waals surface area contributed by atoms with Gasteiger partial charge in [-0.15, -0.1) is 0 Å². The third-order valence-corrected chi connectivity index (χ3v) is 2.09. The highest BCUT2D eigenvalue weighted by atomic mass is 16.2. The second-order valence-corrected chi connectivity index (χ2v) is 3.00. The fourth-order valence-corrected chi connectivity index (χ4v) is 1.28. The first-order valence-electron chi connectivity index (χ1n) is 4.32. The molecule has 0 aliphatic carbocycles. The van der Waals surface area contributed by atoms with Gasteiger partial charge in [0.15, 0.2) is 0 Å². The maximum Gasteiger partial charge on any atom is 0.0787 e. The molecule has 1 aromatic carbocycles. The van der Waals surface area contributed by atoms with Gasteiger partial charge in [-0.05, 0) is 12.0 Å². The molecular weight excluding hydrogens is 164 g/mol. The Hall–Kier alpha value is -1.48. The van der Waals surface area contributed by atoms with E-state index in [-0.39, 0.29) is 6.61 Å². The van der Waals surface area contributed by atoms with Crippen LogP contribution in [-0.4, -0.2) is 21.9 Å². The van der Waals surface area contributed by atoms with Crippen LogP contribution in [0.1, 0.15) is 5.56 Å². The Bertz CT molecular complexity index is 349. The molecule has 0 saturated heterocycles. The Kier molecular flexibility index (Phi) is 2.19. The first-order chi connectivity index (χ1) is 6.40. The van der Waals surface area contributed by atoms with E-state index in [1.165, 1.54) is 11.1 Å². The van der Waals surface area contributed by atoms with Gasteiger partial charge in [-0.3, -0.25) is 5.10 Å². The number of hydrogen-bond donors (Lipinski definition) is 3. The zero-order chi connectivity index (χ0) is 9.10. The molecule has 0 radical (unpaired) electrons. The highest BCUT2D eigenvalue weighted by molar-refractivity contribution is 5.58. The fraction of sp³-hybridized carbons (Fsp3) is 0.200. The van der Waals surface area contributed by atoms with E-state index in [9.17, 15) is 0 Å². The van der Waals surface area contributed by atoms with Gasteiger partial charge in [-0.25, -0.2) is 0 Å². The minimum absolute atomic E-state index is 0.210. The second kappa shape index (κ2) is 3.49. The van der Waals surface area contributed by atoms with Gasteiger partial charge in [-0.2, -0.15) is 0 Å². The molecule has 0 atom stereocenters. The van der Waals surface area contributed by atoms with Crippen LogP contribution >= 0.6 is 0 Å². The minimum Gasteiger partial charge on any atom is -0.396 e. The Morgan fingerprint density at radius 1 is 1.15 bits per heavy atom. The molecular formula is C10H12N2O. The molecule has 2 aromatic rings. The first-order valence-corrected chi connectivity index (χ1v) is 4.32. The number of benzene rings is 1. The molecule has 13 heavy (non-hydrogen) atoms. The molecule has 0 aliphatic rings. The van der Waals surface area contributed by atoms with Gasteiger partial charge in [0.1, 0.15) is 0 Å². The summed E-state index contributed by atoms with van der Waals surface area (Å²) in [4.78, 5) is 0. The van der Waals surface area contributed by atoms with E-state index < -0.39 is 0 Å². The molecule has 0 unspecified atom stereocenters. The van der Waals surface area contributed by atoms with E-state index in [0.29, 0.717) is 0 Å². The van der Waals surface area contributed by atoms with E-state index in [1.807, 2.05) is 30.5 Å². The van der Waals surface area contributed by atoms with E-state index in [4.69, 9.17) is 5.11 Å². The summed E-state index contributed by atoms with van der Waals surface area (Å²) in [5, 5.41) is 14.5. The van der Waals surface area contributed by atoms with Crippen molar-refractivity contribution in [1.82, 2.24) is 10.2 Å². The molecule has 1 heterocycles. The molecule has 0 aliphatic heterocycles. The summed E-state index contributed by atoms with van der Waals surface area (Å²) in [6.45, 7) is 0.210. The molecule has 68 valence electrons. The van der Waals surface area contributed by atoms with E-state index in [0.717, 1.165) is 12.1 Å². The van der Waals surface area contributed by atoms with Gasteiger partial charge in [0.2, 0.25) is 0 Å². The van der Waals surface area contributed by atoms with Crippen molar-refractivity contribution in [1.29, 1.82) is 0 Å². The fourth-order valence-electron chi connectivity index (χ4n) is 1.28. The number of nitrogens with one attached hydrogen (secondary N) is 2. The molecule has 0 fully saturated rings. The standard InChI is InChI=1S/C10H12N2O/c13-6-5-8-1-3-9(4-2-8)10-7-11-12-10/h1-4,7,11-13H,5-6H2. The number of aromatic nitrogens is 2. The zero-order valence-electron chi connectivity index (χ0n) is 7.25. The minimum atomic E-state index is 0.210. The van der Waals surface area contributed by atoms with Crippen molar-refractivity contribution in [2.24, 2.45) is 0 Å². The van der Waals surface area contributed by atoms with Crippen LogP contribution in [-0.2, 0) is 6.42 Å². The molecule has 0 spiro atoms. The predicted molar refractivity (Wildman–Crippen MR) is 51.4 cm³/mol. The Labute approximate surface area is 76.4 Å². The smallest absolute Gasteiger partial charge is 0.0787 e. The summed E-state index contributed by atoms with van der Waals surface area (Å²) in [6.07, 6.45) is 2.64. The summed E-state index contributed by atoms with van der Waals surface area (Å²) >= 11 is 0. The van der Waals surface area contributed by atoms with Crippen LogP contribution in [0.4, 0.5) is 0 Å². The average Bonchev–Trinajstić information content (AvgIpc) is 2.06. The topological polar surface area (TPSA) is 51.8 Å². The van der Waals surface area contributed by atoms with Crippen LogP contribution in [0, 0.1) is 0 Å². The number of hydrogen-bond acceptors (Lipinski definition) is 1. The highest BCUT2D eigenvalue weighted by Crippen LogP contribution is 2.16. The maximum absolute atomic E-state index is 8.72. The molecule has 3 heteroatoms. The van der Waals surface area contributed by atoms with Crippen LogP contribution in [0.15, 0.2) is 30.5 Å². The van der Waals surface area contributed by atoms with Gasteiger partial charge in [0, 0.05) is 18.4 Å². The van der Waals surface area contributed by atoms with E-state index >= 15 is 0 Å². The molecule has 2 rings (SSSR count). The molecule has 0 bridgehead atoms. The highest BCUT2D eigenvalue weighted by Gasteiger charge is 1.98. The normalized spacial score (nSPS) is 10.5. The van der Waals surface area contributed by atoms with Crippen LogP contribution in [0.5, 0.6) is 0 Å². The lowest BCUT2D eigenvalue weighted by Crippen LogP contribution is -1.93. The molecule has 0 saturated carbocycles. The average molecular weight is 176 g/mol. The molecule has 1 aromatic heterocycles. The quantitative estimate of drug-likeness (QED) is 0.653. The number of rotatable bonds is 3. The van der Waals surface area contributed by atoms with Crippen molar-refractivity contribution in [2.45, 2.75) is 6.42 Å². The van der Waals surface area contributed by atoms with Crippen molar-refractivity contribution in [2.75, 3.05) is 6.61 Å². The Morgan fingerprint density at radius 3 is 2.31 bits per heavy atom. The maximum atomic E-state index is 8.72. The lowest BCUT2D eigenvalue weighted by molar-refractivity contribution is 0.299. The van der Waals surface area contributed by atoms with Crippen LogP contribution in [0.3, 0.4) is 0 Å². The summed E-state index contributed by atoms with van der Waals surface area (Å²) in [6, 6.07) is 8.16. The third kappa shape index (κ3) is 1.65. The molecule has 3 N–H and O–H groups in total. The Balaban J connectivity index is 2.17. The third-order valence-electron chi connectivity index (χ3n) is 2.09. The number of aliphatic hydroxyl groups excluding tert-OH is 1. The number of aliphatic hydroxyl groups is 1. The second-order valence-electron chi connectivity index (χ2n) is 3.00. The zero-order valence-corrected chi connectivity index (χ0v) is 7.25. The van der Waals surface area contributed by atoms with Crippen molar-refractivity contribution in [3.05, 3.63) is 36.0 Å².